The average molecular weight is 283 g/mol. The van der Waals surface area contributed by atoms with Crippen molar-refractivity contribution < 1.29 is 4.79 Å². The van der Waals surface area contributed by atoms with Gasteiger partial charge in [0.05, 0.1) is 0 Å². The van der Waals surface area contributed by atoms with Gasteiger partial charge < -0.3 is 4.90 Å². The molecule has 2 heterocycles. The van der Waals surface area contributed by atoms with Crippen molar-refractivity contribution in [3.8, 4) is 0 Å². The molecule has 110 valence electrons. The first-order chi connectivity index (χ1) is 10.2. The van der Waals surface area contributed by atoms with Crippen LogP contribution >= 0.6 is 0 Å². The van der Waals surface area contributed by atoms with Gasteiger partial charge in [-0.15, -0.1) is 0 Å². The zero-order valence-corrected chi connectivity index (χ0v) is 12.4. The van der Waals surface area contributed by atoms with Crippen molar-refractivity contribution in [3.63, 3.8) is 0 Å². The molecule has 1 fully saturated rings. The number of likely N-dealkylation sites (tertiary alicyclic amines) is 1. The van der Waals surface area contributed by atoms with Crippen LogP contribution in [0.4, 0.5) is 0 Å². The van der Waals surface area contributed by atoms with E-state index in [1.165, 1.54) is 5.56 Å². The highest BCUT2D eigenvalue weighted by Gasteiger charge is 2.29. The van der Waals surface area contributed by atoms with Crippen LogP contribution in [0.2, 0.25) is 0 Å². The normalized spacial score (nSPS) is 19.7. The van der Waals surface area contributed by atoms with E-state index in [-0.39, 0.29) is 11.9 Å². The SMILES string of the molecule is CC(C(=O)N1CCC(Cc2ccccc2)C1)n1cccn1. The zero-order chi connectivity index (χ0) is 14.7. The van der Waals surface area contributed by atoms with E-state index < -0.39 is 0 Å². The van der Waals surface area contributed by atoms with Crippen molar-refractivity contribution in [2.75, 3.05) is 13.1 Å². The van der Waals surface area contributed by atoms with E-state index in [4.69, 9.17) is 0 Å². The van der Waals surface area contributed by atoms with Crippen LogP contribution in [-0.2, 0) is 11.2 Å². The van der Waals surface area contributed by atoms with Crippen molar-refractivity contribution in [2.24, 2.45) is 5.92 Å². The third kappa shape index (κ3) is 3.15. The Morgan fingerprint density at radius 2 is 2.14 bits per heavy atom. The van der Waals surface area contributed by atoms with Crippen molar-refractivity contribution in [2.45, 2.75) is 25.8 Å². The highest BCUT2D eigenvalue weighted by atomic mass is 16.2. The summed E-state index contributed by atoms with van der Waals surface area (Å²) in [5, 5.41) is 4.16. The minimum Gasteiger partial charge on any atom is -0.341 e. The average Bonchev–Trinajstić information content (AvgIpc) is 3.18. The zero-order valence-electron chi connectivity index (χ0n) is 12.4. The number of carbonyl (C=O) groups is 1. The van der Waals surface area contributed by atoms with E-state index >= 15 is 0 Å². The van der Waals surface area contributed by atoms with Gasteiger partial charge >= 0.3 is 0 Å². The summed E-state index contributed by atoms with van der Waals surface area (Å²) in [7, 11) is 0. The fraction of sp³-hybridized carbons (Fsp3) is 0.412. The van der Waals surface area contributed by atoms with Gasteiger partial charge in [-0.25, -0.2) is 0 Å². The summed E-state index contributed by atoms with van der Waals surface area (Å²) in [6.45, 7) is 3.64. The van der Waals surface area contributed by atoms with E-state index in [0.29, 0.717) is 5.92 Å². The molecule has 2 unspecified atom stereocenters. The van der Waals surface area contributed by atoms with Gasteiger partial charge in [-0.05, 0) is 37.3 Å². The lowest BCUT2D eigenvalue weighted by Gasteiger charge is -2.21. The molecular weight excluding hydrogens is 262 g/mol. The molecule has 1 aliphatic rings. The number of hydrogen-bond donors (Lipinski definition) is 0. The lowest BCUT2D eigenvalue weighted by Crippen LogP contribution is -2.34. The summed E-state index contributed by atoms with van der Waals surface area (Å²) in [5.41, 5.74) is 1.36. The van der Waals surface area contributed by atoms with E-state index in [0.717, 1.165) is 25.9 Å². The van der Waals surface area contributed by atoms with Gasteiger partial charge in [0, 0.05) is 25.5 Å². The standard InChI is InChI=1S/C17H21N3O/c1-14(20-10-5-9-18-20)17(21)19-11-8-16(13-19)12-15-6-3-2-4-7-15/h2-7,9-10,14,16H,8,11-13H2,1H3. The number of nitrogens with zero attached hydrogens (tertiary/aromatic N) is 3. The molecule has 1 aliphatic heterocycles. The van der Waals surface area contributed by atoms with Crippen LogP contribution < -0.4 is 0 Å². The first kappa shape index (κ1) is 13.9. The highest BCUT2D eigenvalue weighted by Crippen LogP contribution is 2.23. The largest absolute Gasteiger partial charge is 0.341 e. The van der Waals surface area contributed by atoms with Crippen molar-refractivity contribution in [1.29, 1.82) is 0 Å². The molecule has 0 radical (unpaired) electrons. The Morgan fingerprint density at radius 1 is 1.33 bits per heavy atom. The van der Waals surface area contributed by atoms with E-state index in [2.05, 4.69) is 29.4 Å². The van der Waals surface area contributed by atoms with Crippen molar-refractivity contribution in [1.82, 2.24) is 14.7 Å². The Morgan fingerprint density at radius 3 is 2.86 bits per heavy atom. The Labute approximate surface area is 125 Å². The molecule has 0 N–H and O–H groups in total. The minimum absolute atomic E-state index is 0.175. The second-order valence-electron chi connectivity index (χ2n) is 5.79. The lowest BCUT2D eigenvalue weighted by molar-refractivity contribution is -0.133. The Kier molecular flexibility index (Phi) is 4.04. The molecule has 2 aromatic rings. The first-order valence-electron chi connectivity index (χ1n) is 7.56. The Hall–Kier alpha value is -2.10. The molecule has 0 saturated carbocycles. The Bertz CT molecular complexity index is 579. The monoisotopic (exact) mass is 283 g/mol. The summed E-state index contributed by atoms with van der Waals surface area (Å²) < 4.78 is 1.73. The molecule has 0 bridgehead atoms. The molecule has 0 spiro atoms. The fourth-order valence-electron chi connectivity index (χ4n) is 3.03. The molecule has 4 nitrogen and oxygen atoms in total. The van der Waals surface area contributed by atoms with Crippen LogP contribution in [0.5, 0.6) is 0 Å². The molecule has 1 aromatic heterocycles. The summed E-state index contributed by atoms with van der Waals surface area (Å²) in [4.78, 5) is 14.5. The minimum atomic E-state index is -0.213. The molecule has 1 aromatic carbocycles. The third-order valence-electron chi connectivity index (χ3n) is 4.24. The van der Waals surface area contributed by atoms with Crippen molar-refractivity contribution >= 4 is 5.91 Å². The van der Waals surface area contributed by atoms with Crippen LogP contribution in [0.3, 0.4) is 0 Å². The number of aromatic nitrogens is 2. The van der Waals surface area contributed by atoms with Crippen LogP contribution in [0.25, 0.3) is 0 Å². The fourth-order valence-corrected chi connectivity index (χ4v) is 3.03. The van der Waals surface area contributed by atoms with Gasteiger partial charge in [-0.3, -0.25) is 9.48 Å². The topological polar surface area (TPSA) is 38.1 Å². The van der Waals surface area contributed by atoms with Gasteiger partial charge in [0.1, 0.15) is 6.04 Å². The van der Waals surface area contributed by atoms with Gasteiger partial charge in [0.15, 0.2) is 0 Å². The second kappa shape index (κ2) is 6.12. The van der Waals surface area contributed by atoms with Gasteiger partial charge in [0.25, 0.3) is 0 Å². The molecule has 0 aliphatic carbocycles. The maximum absolute atomic E-state index is 12.5. The smallest absolute Gasteiger partial charge is 0.247 e. The van der Waals surface area contributed by atoms with Gasteiger partial charge in [0.2, 0.25) is 5.91 Å². The first-order valence-corrected chi connectivity index (χ1v) is 7.56. The quantitative estimate of drug-likeness (QED) is 0.865. The molecule has 1 saturated heterocycles. The van der Waals surface area contributed by atoms with Crippen LogP contribution in [0, 0.1) is 5.92 Å². The molecule has 1 amide bonds. The second-order valence-corrected chi connectivity index (χ2v) is 5.79. The summed E-state index contributed by atoms with van der Waals surface area (Å²) in [6, 6.07) is 12.2. The molecule has 21 heavy (non-hydrogen) atoms. The van der Waals surface area contributed by atoms with Gasteiger partial charge in [-0.2, -0.15) is 5.10 Å². The maximum atomic E-state index is 12.5. The molecule has 4 heteroatoms. The molecular formula is C17H21N3O. The van der Waals surface area contributed by atoms with E-state index in [9.17, 15) is 4.79 Å². The molecule has 2 atom stereocenters. The number of hydrogen-bond acceptors (Lipinski definition) is 2. The van der Waals surface area contributed by atoms with Crippen LogP contribution in [0.15, 0.2) is 48.8 Å². The molecule has 3 rings (SSSR count). The predicted octanol–water partition coefficient (Wildman–Crippen LogP) is 2.54. The Balaban J connectivity index is 1.58. The third-order valence-corrected chi connectivity index (χ3v) is 4.24. The van der Waals surface area contributed by atoms with Crippen molar-refractivity contribution in [3.05, 3.63) is 54.4 Å². The van der Waals surface area contributed by atoms with E-state index in [1.54, 1.807) is 10.9 Å². The van der Waals surface area contributed by atoms with Crippen LogP contribution in [-0.4, -0.2) is 33.7 Å². The summed E-state index contributed by atoms with van der Waals surface area (Å²) >= 11 is 0. The number of benzene rings is 1. The number of amides is 1. The lowest BCUT2D eigenvalue weighted by atomic mass is 9.99. The maximum Gasteiger partial charge on any atom is 0.247 e. The summed E-state index contributed by atoms with van der Waals surface area (Å²) in [6.07, 6.45) is 5.71. The van der Waals surface area contributed by atoms with Crippen LogP contribution in [0.1, 0.15) is 24.9 Å². The van der Waals surface area contributed by atoms with E-state index in [1.807, 2.05) is 30.2 Å². The predicted molar refractivity (Wildman–Crippen MR) is 81.8 cm³/mol. The van der Waals surface area contributed by atoms with Gasteiger partial charge in [-0.1, -0.05) is 30.3 Å². The number of rotatable bonds is 4. The number of carbonyl (C=O) groups excluding carboxylic acids is 1. The summed E-state index contributed by atoms with van der Waals surface area (Å²) in [5.74, 6) is 0.746. The highest BCUT2D eigenvalue weighted by molar-refractivity contribution is 5.80.